The molecule has 0 aliphatic carbocycles. The Bertz CT molecular complexity index is 429. The second-order valence-electron chi connectivity index (χ2n) is 2.26. The van der Waals surface area contributed by atoms with Crippen molar-refractivity contribution in [3.05, 3.63) is 35.4 Å². The fraction of sp³-hybridized carbons (Fsp3) is 0. The second kappa shape index (κ2) is 4.73. The highest BCUT2D eigenvalue weighted by atomic mass is 32.1. The number of nitrogens with zero attached hydrogens (tertiary/aromatic N) is 4. The monoisotopic (exact) mass is 222 g/mol. The summed E-state index contributed by atoms with van der Waals surface area (Å²) in [5.41, 5.74) is 0.988. The van der Waals surface area contributed by atoms with E-state index in [1.807, 2.05) is 16.8 Å². The Labute approximate surface area is 88.4 Å². The molecule has 0 aliphatic rings. The summed E-state index contributed by atoms with van der Waals surface area (Å²) >= 11 is 2.97. The van der Waals surface area contributed by atoms with Crippen molar-refractivity contribution in [2.75, 3.05) is 0 Å². The quantitative estimate of drug-likeness (QED) is 0.585. The zero-order chi connectivity index (χ0) is 9.64. The maximum Gasteiger partial charge on any atom is 0.141 e. The van der Waals surface area contributed by atoms with Crippen molar-refractivity contribution in [1.29, 1.82) is 0 Å². The molecular weight excluding hydrogens is 216 g/mol. The van der Waals surface area contributed by atoms with Gasteiger partial charge in [0.1, 0.15) is 4.83 Å². The summed E-state index contributed by atoms with van der Waals surface area (Å²) in [6.07, 6.45) is 5.07. The molecule has 0 atom stereocenters. The number of rotatable bonds is 0. The van der Waals surface area contributed by atoms with Crippen LogP contribution in [0.25, 0.3) is 10.3 Å². The Morgan fingerprint density at radius 2 is 1.93 bits per heavy atom. The SMILES string of the molecule is c1cnc2sccc2n1.c1csnn1. The van der Waals surface area contributed by atoms with Gasteiger partial charge in [-0.1, -0.05) is 4.49 Å². The lowest BCUT2D eigenvalue weighted by Crippen LogP contribution is -1.72. The van der Waals surface area contributed by atoms with Gasteiger partial charge in [-0.2, -0.15) is 0 Å². The molecule has 14 heavy (non-hydrogen) atoms. The Balaban J connectivity index is 0.000000128. The van der Waals surface area contributed by atoms with Crippen molar-refractivity contribution >= 4 is 33.2 Å². The van der Waals surface area contributed by atoms with Gasteiger partial charge >= 0.3 is 0 Å². The van der Waals surface area contributed by atoms with Crippen LogP contribution in [0.5, 0.6) is 0 Å². The number of fused-ring (bicyclic) bond motifs is 1. The average Bonchev–Trinajstić information content (AvgIpc) is 2.92. The van der Waals surface area contributed by atoms with E-state index in [1.165, 1.54) is 11.5 Å². The smallest absolute Gasteiger partial charge is 0.141 e. The van der Waals surface area contributed by atoms with Crippen LogP contribution in [0.3, 0.4) is 0 Å². The second-order valence-corrected chi connectivity index (χ2v) is 3.80. The highest BCUT2D eigenvalue weighted by molar-refractivity contribution is 7.16. The lowest BCUT2D eigenvalue weighted by molar-refractivity contribution is 1.16. The van der Waals surface area contributed by atoms with Crippen LogP contribution in [0.2, 0.25) is 0 Å². The van der Waals surface area contributed by atoms with E-state index < -0.39 is 0 Å². The molecule has 0 amide bonds. The fourth-order valence-corrected chi connectivity index (χ4v) is 1.80. The molecule has 0 radical (unpaired) electrons. The number of thiophene rings is 1. The standard InChI is InChI=1S/C6H4N2S.C2H2N2S/c1-4-9-6-5(1)7-2-3-8-6;1-2-5-4-3-1/h1-4H;1-2H. The van der Waals surface area contributed by atoms with Gasteiger partial charge in [0.05, 0.1) is 11.7 Å². The predicted molar refractivity (Wildman–Crippen MR) is 57.3 cm³/mol. The summed E-state index contributed by atoms with van der Waals surface area (Å²) in [6.45, 7) is 0. The first-order chi connectivity index (χ1) is 6.97. The topological polar surface area (TPSA) is 51.6 Å². The molecular formula is C8H6N4S2. The van der Waals surface area contributed by atoms with Crippen molar-refractivity contribution in [2.45, 2.75) is 0 Å². The minimum absolute atomic E-state index is 0.988. The Hall–Kier alpha value is -1.40. The molecule has 0 saturated carbocycles. The van der Waals surface area contributed by atoms with Gasteiger partial charge in [-0.25, -0.2) is 4.98 Å². The molecule has 6 heteroatoms. The number of aromatic nitrogens is 4. The van der Waals surface area contributed by atoms with E-state index in [0.717, 1.165) is 10.3 Å². The molecule has 4 nitrogen and oxygen atoms in total. The third-order valence-electron chi connectivity index (χ3n) is 1.38. The molecule has 3 heterocycles. The molecule has 70 valence electrons. The summed E-state index contributed by atoms with van der Waals surface area (Å²) in [5, 5.41) is 7.30. The first kappa shape index (κ1) is 9.17. The molecule has 0 N–H and O–H groups in total. The summed E-state index contributed by atoms with van der Waals surface area (Å²) in [7, 11) is 0. The maximum absolute atomic E-state index is 4.10. The van der Waals surface area contributed by atoms with Crippen LogP contribution in [-0.4, -0.2) is 19.6 Å². The number of hydrogen-bond donors (Lipinski definition) is 0. The van der Waals surface area contributed by atoms with Crippen LogP contribution >= 0.6 is 22.9 Å². The Morgan fingerprint density at radius 1 is 1.00 bits per heavy atom. The molecule has 0 fully saturated rings. The minimum Gasteiger partial charge on any atom is -0.252 e. The van der Waals surface area contributed by atoms with E-state index in [0.29, 0.717) is 0 Å². The molecule has 0 aromatic carbocycles. The third kappa shape index (κ3) is 2.30. The molecule has 3 aromatic heterocycles. The molecule has 3 aromatic rings. The summed E-state index contributed by atoms with van der Waals surface area (Å²) in [5.74, 6) is 0. The molecule has 3 rings (SSSR count). The molecule has 0 bridgehead atoms. The molecule has 0 saturated heterocycles. The largest absolute Gasteiger partial charge is 0.252 e. The van der Waals surface area contributed by atoms with E-state index in [1.54, 1.807) is 29.9 Å². The van der Waals surface area contributed by atoms with Gasteiger partial charge in [0.2, 0.25) is 0 Å². The highest BCUT2D eigenvalue weighted by Gasteiger charge is 1.91. The van der Waals surface area contributed by atoms with Gasteiger partial charge < -0.3 is 0 Å². The van der Waals surface area contributed by atoms with E-state index >= 15 is 0 Å². The minimum atomic E-state index is 0.988. The van der Waals surface area contributed by atoms with Gasteiger partial charge in [0.15, 0.2) is 0 Å². The van der Waals surface area contributed by atoms with Gasteiger partial charge in [-0.05, 0) is 23.0 Å². The van der Waals surface area contributed by atoms with Gasteiger partial charge in [-0.15, -0.1) is 16.4 Å². The van der Waals surface area contributed by atoms with Crippen LogP contribution in [0.4, 0.5) is 0 Å². The molecule has 0 spiro atoms. The van der Waals surface area contributed by atoms with Crippen LogP contribution in [0.15, 0.2) is 35.4 Å². The first-order valence-electron chi connectivity index (χ1n) is 3.82. The van der Waals surface area contributed by atoms with Crippen molar-refractivity contribution in [3.8, 4) is 0 Å². The fourth-order valence-electron chi connectivity index (χ4n) is 0.840. The predicted octanol–water partition coefficient (Wildman–Crippen LogP) is 2.23. The highest BCUT2D eigenvalue weighted by Crippen LogP contribution is 2.13. The zero-order valence-corrected chi connectivity index (χ0v) is 8.70. The third-order valence-corrected chi connectivity index (χ3v) is 2.62. The Kier molecular flexibility index (Phi) is 3.10. The maximum atomic E-state index is 4.10. The summed E-state index contributed by atoms with van der Waals surface area (Å²) in [6, 6.07) is 1.97. The van der Waals surface area contributed by atoms with Gasteiger partial charge in [0, 0.05) is 17.8 Å². The lowest BCUT2D eigenvalue weighted by Gasteiger charge is -1.81. The van der Waals surface area contributed by atoms with Gasteiger partial charge in [-0.3, -0.25) is 4.98 Å². The van der Waals surface area contributed by atoms with Crippen molar-refractivity contribution < 1.29 is 0 Å². The van der Waals surface area contributed by atoms with E-state index in [-0.39, 0.29) is 0 Å². The van der Waals surface area contributed by atoms with Crippen LogP contribution in [0.1, 0.15) is 0 Å². The van der Waals surface area contributed by atoms with Crippen molar-refractivity contribution in [3.63, 3.8) is 0 Å². The van der Waals surface area contributed by atoms with Crippen molar-refractivity contribution in [2.24, 2.45) is 0 Å². The average molecular weight is 222 g/mol. The van der Waals surface area contributed by atoms with E-state index in [2.05, 4.69) is 19.6 Å². The first-order valence-corrected chi connectivity index (χ1v) is 5.53. The normalized spacial score (nSPS) is 9.43. The lowest BCUT2D eigenvalue weighted by atomic mass is 10.5. The van der Waals surface area contributed by atoms with Crippen LogP contribution < -0.4 is 0 Å². The molecule has 0 aliphatic heterocycles. The number of hydrogen-bond acceptors (Lipinski definition) is 6. The van der Waals surface area contributed by atoms with Crippen LogP contribution in [0, 0.1) is 0 Å². The van der Waals surface area contributed by atoms with E-state index in [4.69, 9.17) is 0 Å². The van der Waals surface area contributed by atoms with Crippen molar-refractivity contribution in [1.82, 2.24) is 19.6 Å². The molecule has 0 unspecified atom stereocenters. The summed E-state index contributed by atoms with van der Waals surface area (Å²) < 4.78 is 3.51. The summed E-state index contributed by atoms with van der Waals surface area (Å²) in [4.78, 5) is 9.20. The van der Waals surface area contributed by atoms with E-state index in [9.17, 15) is 0 Å². The Morgan fingerprint density at radius 3 is 2.57 bits per heavy atom. The van der Waals surface area contributed by atoms with Crippen LogP contribution in [-0.2, 0) is 0 Å². The zero-order valence-electron chi connectivity index (χ0n) is 7.07. The van der Waals surface area contributed by atoms with Gasteiger partial charge in [0.25, 0.3) is 0 Å².